The molecule has 2 aromatic rings. The van der Waals surface area contributed by atoms with Crippen molar-refractivity contribution >= 4 is 23.2 Å². The van der Waals surface area contributed by atoms with E-state index in [0.29, 0.717) is 16.5 Å². The van der Waals surface area contributed by atoms with Crippen molar-refractivity contribution in [2.75, 3.05) is 19.5 Å². The third-order valence-corrected chi connectivity index (χ3v) is 4.89. The summed E-state index contributed by atoms with van der Waals surface area (Å²) < 4.78 is 10.8. The normalized spacial score (nSPS) is 13.0. The van der Waals surface area contributed by atoms with Gasteiger partial charge in [-0.05, 0) is 45.4 Å². The van der Waals surface area contributed by atoms with Crippen LogP contribution in [0.25, 0.3) is 0 Å². The van der Waals surface area contributed by atoms with Crippen LogP contribution in [-0.4, -0.2) is 26.2 Å². The summed E-state index contributed by atoms with van der Waals surface area (Å²) in [5.41, 5.74) is 3.61. The second-order valence-corrected chi connectivity index (χ2v) is 7.05. The van der Waals surface area contributed by atoms with Gasteiger partial charge in [0.05, 0.1) is 25.9 Å². The number of ether oxygens (including phenoxy) is 2. The molecule has 2 unspecified atom stereocenters. The third kappa shape index (κ3) is 5.15. The Balaban J connectivity index is 2.12. The molecule has 0 aliphatic heterocycles. The van der Waals surface area contributed by atoms with E-state index in [1.807, 2.05) is 39.8 Å². The van der Waals surface area contributed by atoms with Gasteiger partial charge in [-0.1, -0.05) is 29.3 Å². The summed E-state index contributed by atoms with van der Waals surface area (Å²) in [7, 11) is 3.19. The van der Waals surface area contributed by atoms with E-state index in [4.69, 9.17) is 21.1 Å². The summed E-state index contributed by atoms with van der Waals surface area (Å²) in [6, 6.07) is 9.02. The molecule has 0 spiro atoms. The maximum atomic E-state index is 12.7. The highest BCUT2D eigenvalue weighted by molar-refractivity contribution is 6.31. The number of hydrogen-bond acceptors (Lipinski definition) is 4. The summed E-state index contributed by atoms with van der Waals surface area (Å²) in [6.07, 6.45) is 0. The number of hydrogen-bond donors (Lipinski definition) is 2. The minimum absolute atomic E-state index is 0.0607. The molecule has 6 heteroatoms. The van der Waals surface area contributed by atoms with E-state index < -0.39 is 6.04 Å². The van der Waals surface area contributed by atoms with Crippen LogP contribution in [0.1, 0.15) is 36.6 Å². The molecule has 2 aromatic carbocycles. The van der Waals surface area contributed by atoms with Gasteiger partial charge < -0.3 is 14.8 Å². The van der Waals surface area contributed by atoms with Crippen molar-refractivity contribution in [2.45, 2.75) is 39.8 Å². The van der Waals surface area contributed by atoms with E-state index in [1.165, 1.54) is 0 Å². The van der Waals surface area contributed by atoms with Crippen LogP contribution in [0.2, 0.25) is 5.02 Å². The molecule has 0 radical (unpaired) electrons. The van der Waals surface area contributed by atoms with E-state index in [0.717, 1.165) is 22.4 Å². The molecule has 5 nitrogen and oxygen atoms in total. The predicted molar refractivity (Wildman–Crippen MR) is 110 cm³/mol. The molecule has 0 fully saturated rings. The molecule has 2 rings (SSSR count). The van der Waals surface area contributed by atoms with E-state index in [9.17, 15) is 4.79 Å². The maximum Gasteiger partial charge on any atom is 0.241 e. The van der Waals surface area contributed by atoms with Gasteiger partial charge in [-0.15, -0.1) is 0 Å². The van der Waals surface area contributed by atoms with Gasteiger partial charge in [0.2, 0.25) is 5.91 Å². The third-order valence-electron chi connectivity index (χ3n) is 4.48. The standard InChI is InChI=1S/C21H27ClN2O3/c1-12-7-8-19(26-5)16(9-12)14(3)23-15(4)21(25)24-18-10-13(2)17(22)11-20(18)27-6/h7-11,14-15,23H,1-6H3,(H,24,25). The van der Waals surface area contributed by atoms with Crippen molar-refractivity contribution < 1.29 is 14.3 Å². The highest BCUT2D eigenvalue weighted by Crippen LogP contribution is 2.31. The van der Waals surface area contributed by atoms with Crippen LogP contribution in [-0.2, 0) is 4.79 Å². The topological polar surface area (TPSA) is 59.6 Å². The van der Waals surface area contributed by atoms with E-state index in [2.05, 4.69) is 16.7 Å². The van der Waals surface area contributed by atoms with Crippen molar-refractivity contribution in [2.24, 2.45) is 0 Å². The Hall–Kier alpha value is -2.24. The van der Waals surface area contributed by atoms with Gasteiger partial charge in [-0.25, -0.2) is 0 Å². The summed E-state index contributed by atoms with van der Waals surface area (Å²) >= 11 is 6.12. The zero-order valence-electron chi connectivity index (χ0n) is 16.6. The Morgan fingerprint density at radius 3 is 2.33 bits per heavy atom. The smallest absolute Gasteiger partial charge is 0.241 e. The van der Waals surface area contributed by atoms with Crippen molar-refractivity contribution in [3.05, 3.63) is 52.0 Å². The largest absolute Gasteiger partial charge is 0.496 e. The molecule has 0 heterocycles. The highest BCUT2D eigenvalue weighted by Gasteiger charge is 2.20. The van der Waals surface area contributed by atoms with E-state index in [-0.39, 0.29) is 11.9 Å². The summed E-state index contributed by atoms with van der Waals surface area (Å²) in [4.78, 5) is 12.7. The quantitative estimate of drug-likeness (QED) is 0.722. The molecule has 0 saturated carbocycles. The van der Waals surface area contributed by atoms with Crippen LogP contribution in [0.15, 0.2) is 30.3 Å². The highest BCUT2D eigenvalue weighted by atomic mass is 35.5. The Morgan fingerprint density at radius 1 is 1.04 bits per heavy atom. The van der Waals surface area contributed by atoms with Gasteiger partial charge >= 0.3 is 0 Å². The number of carbonyl (C=O) groups is 1. The number of benzene rings is 2. The molecular formula is C21H27ClN2O3. The predicted octanol–water partition coefficient (Wildman–Crippen LogP) is 4.65. The van der Waals surface area contributed by atoms with Gasteiger partial charge in [-0.2, -0.15) is 0 Å². The lowest BCUT2D eigenvalue weighted by Crippen LogP contribution is -2.39. The lowest BCUT2D eigenvalue weighted by molar-refractivity contribution is -0.118. The number of nitrogens with one attached hydrogen (secondary N) is 2. The van der Waals surface area contributed by atoms with Crippen molar-refractivity contribution in [3.63, 3.8) is 0 Å². The molecule has 2 atom stereocenters. The van der Waals surface area contributed by atoms with Crippen LogP contribution in [0.4, 0.5) is 5.69 Å². The molecule has 146 valence electrons. The van der Waals surface area contributed by atoms with Crippen LogP contribution in [0.5, 0.6) is 11.5 Å². The fraction of sp³-hybridized carbons (Fsp3) is 0.381. The molecule has 1 amide bonds. The molecule has 0 aliphatic rings. The van der Waals surface area contributed by atoms with Crippen molar-refractivity contribution in [1.82, 2.24) is 5.32 Å². The Bertz CT molecular complexity index is 823. The van der Waals surface area contributed by atoms with Crippen LogP contribution < -0.4 is 20.1 Å². The van der Waals surface area contributed by atoms with E-state index >= 15 is 0 Å². The number of aryl methyl sites for hydroxylation is 2. The van der Waals surface area contributed by atoms with Crippen LogP contribution in [0.3, 0.4) is 0 Å². The molecular weight excluding hydrogens is 364 g/mol. The first-order chi connectivity index (χ1) is 12.8. The van der Waals surface area contributed by atoms with Crippen LogP contribution in [0, 0.1) is 13.8 Å². The second kappa shape index (κ2) is 9.11. The van der Waals surface area contributed by atoms with Crippen LogP contribution >= 0.6 is 11.6 Å². The molecule has 0 saturated heterocycles. The zero-order valence-corrected chi connectivity index (χ0v) is 17.4. The average molecular weight is 391 g/mol. The van der Waals surface area contributed by atoms with Gasteiger partial charge in [0.15, 0.2) is 0 Å². The molecule has 0 bridgehead atoms. The monoisotopic (exact) mass is 390 g/mol. The fourth-order valence-electron chi connectivity index (χ4n) is 2.90. The molecule has 0 aromatic heterocycles. The van der Waals surface area contributed by atoms with Gasteiger partial charge in [0.1, 0.15) is 11.5 Å². The first-order valence-corrected chi connectivity index (χ1v) is 9.20. The molecule has 2 N–H and O–H groups in total. The van der Waals surface area contributed by atoms with Gasteiger partial charge in [0.25, 0.3) is 0 Å². The maximum absolute atomic E-state index is 12.7. The number of halogens is 1. The lowest BCUT2D eigenvalue weighted by atomic mass is 10.0. The molecule has 0 aliphatic carbocycles. The number of carbonyl (C=O) groups excluding carboxylic acids is 1. The Morgan fingerprint density at radius 2 is 1.70 bits per heavy atom. The lowest BCUT2D eigenvalue weighted by Gasteiger charge is -2.22. The summed E-state index contributed by atoms with van der Waals surface area (Å²) in [6.45, 7) is 7.74. The second-order valence-electron chi connectivity index (χ2n) is 6.65. The SMILES string of the molecule is COc1cc(Cl)c(C)cc1NC(=O)C(C)NC(C)c1cc(C)ccc1OC. The minimum atomic E-state index is -0.425. The van der Waals surface area contributed by atoms with Gasteiger partial charge in [0, 0.05) is 22.7 Å². The Kier molecular flexibility index (Phi) is 7.11. The minimum Gasteiger partial charge on any atom is -0.496 e. The van der Waals surface area contributed by atoms with E-state index in [1.54, 1.807) is 26.4 Å². The number of rotatable bonds is 7. The zero-order chi connectivity index (χ0) is 20.1. The molecule has 27 heavy (non-hydrogen) atoms. The number of amides is 1. The van der Waals surface area contributed by atoms with Gasteiger partial charge in [-0.3, -0.25) is 10.1 Å². The van der Waals surface area contributed by atoms with Crippen molar-refractivity contribution in [3.8, 4) is 11.5 Å². The first kappa shape index (κ1) is 21.1. The fourth-order valence-corrected chi connectivity index (χ4v) is 3.06. The number of anilines is 1. The summed E-state index contributed by atoms with van der Waals surface area (Å²) in [5, 5.41) is 6.83. The van der Waals surface area contributed by atoms with Crippen molar-refractivity contribution in [1.29, 1.82) is 0 Å². The average Bonchev–Trinajstić information content (AvgIpc) is 2.64. The first-order valence-electron chi connectivity index (χ1n) is 8.82. The number of methoxy groups -OCH3 is 2. The Labute approximate surface area is 166 Å². The summed E-state index contributed by atoms with van der Waals surface area (Å²) in [5.74, 6) is 1.16.